The maximum Gasteiger partial charge on any atom is 0.254 e. The van der Waals surface area contributed by atoms with Crippen molar-refractivity contribution in [2.24, 2.45) is 0 Å². The van der Waals surface area contributed by atoms with E-state index in [0.717, 1.165) is 17.1 Å². The van der Waals surface area contributed by atoms with Crippen molar-refractivity contribution in [3.63, 3.8) is 0 Å². The fraction of sp³-hybridized carbons (Fsp3) is 0.429. The Labute approximate surface area is 121 Å². The second kappa shape index (κ2) is 6.67. The number of furan rings is 1. The highest BCUT2D eigenvalue weighted by molar-refractivity contribution is 7.09. The molecule has 2 aromatic rings. The first-order valence-corrected chi connectivity index (χ1v) is 7.44. The smallest absolute Gasteiger partial charge is 0.254 e. The van der Waals surface area contributed by atoms with Gasteiger partial charge >= 0.3 is 0 Å². The first-order chi connectivity index (χ1) is 9.63. The van der Waals surface area contributed by atoms with E-state index in [1.54, 1.807) is 6.07 Å². The number of rotatable bonds is 6. The van der Waals surface area contributed by atoms with Gasteiger partial charge in [-0.1, -0.05) is 6.92 Å². The van der Waals surface area contributed by atoms with Crippen LogP contribution in [0.25, 0.3) is 11.5 Å². The van der Waals surface area contributed by atoms with Gasteiger partial charge in [0.1, 0.15) is 12.0 Å². The molecule has 1 atom stereocenters. The quantitative estimate of drug-likeness (QED) is 0.858. The highest BCUT2D eigenvalue weighted by Crippen LogP contribution is 2.23. The molecule has 6 heteroatoms. The number of thiazole rings is 1. The molecule has 0 bridgehead atoms. The van der Waals surface area contributed by atoms with Gasteiger partial charge in [-0.3, -0.25) is 4.79 Å². The normalized spacial score (nSPS) is 12.3. The van der Waals surface area contributed by atoms with E-state index in [2.05, 4.69) is 10.3 Å². The second-order valence-electron chi connectivity index (χ2n) is 4.54. The van der Waals surface area contributed by atoms with E-state index in [4.69, 9.17) is 9.52 Å². The minimum atomic E-state index is -0.188. The molecule has 1 amide bonds. The van der Waals surface area contributed by atoms with Gasteiger partial charge in [0.2, 0.25) is 0 Å². The van der Waals surface area contributed by atoms with E-state index in [1.807, 2.05) is 19.2 Å². The minimum Gasteiger partial charge on any atom is -0.462 e. The number of hydrogen-bond acceptors (Lipinski definition) is 5. The summed E-state index contributed by atoms with van der Waals surface area (Å²) < 4.78 is 5.39. The third-order valence-electron chi connectivity index (χ3n) is 3.04. The predicted octanol–water partition coefficient (Wildman–Crippen LogP) is 2.60. The van der Waals surface area contributed by atoms with Crippen molar-refractivity contribution in [1.29, 1.82) is 0 Å². The number of aromatic nitrogens is 1. The fourth-order valence-corrected chi connectivity index (χ4v) is 2.47. The van der Waals surface area contributed by atoms with Crippen LogP contribution in [-0.4, -0.2) is 28.6 Å². The number of nitrogens with zero attached hydrogens (tertiary/aromatic N) is 1. The number of carbonyl (C=O) groups is 1. The van der Waals surface area contributed by atoms with Crippen LogP contribution < -0.4 is 5.32 Å². The Hall–Kier alpha value is -1.66. The summed E-state index contributed by atoms with van der Waals surface area (Å²) in [4.78, 5) is 16.4. The zero-order chi connectivity index (χ0) is 14.5. The Morgan fingerprint density at radius 3 is 3.00 bits per heavy atom. The van der Waals surface area contributed by atoms with Crippen LogP contribution in [0.1, 0.15) is 35.1 Å². The molecule has 0 aromatic carbocycles. The largest absolute Gasteiger partial charge is 0.462 e. The molecular weight excluding hydrogens is 276 g/mol. The molecule has 0 saturated heterocycles. The lowest BCUT2D eigenvalue weighted by Crippen LogP contribution is -2.34. The van der Waals surface area contributed by atoms with Crippen LogP contribution >= 0.6 is 11.3 Å². The Morgan fingerprint density at radius 2 is 2.40 bits per heavy atom. The highest BCUT2D eigenvalue weighted by atomic mass is 32.1. The van der Waals surface area contributed by atoms with Crippen molar-refractivity contribution in [3.05, 3.63) is 28.3 Å². The summed E-state index contributed by atoms with van der Waals surface area (Å²) in [5, 5.41) is 14.7. The first kappa shape index (κ1) is 14.7. The molecule has 0 saturated carbocycles. The van der Waals surface area contributed by atoms with Gasteiger partial charge in [0.05, 0.1) is 10.6 Å². The van der Waals surface area contributed by atoms with Gasteiger partial charge in [-0.05, 0) is 25.8 Å². The maximum atomic E-state index is 12.1. The number of aliphatic hydroxyl groups excluding tert-OH is 1. The lowest BCUT2D eigenvalue weighted by atomic mass is 10.1. The summed E-state index contributed by atoms with van der Waals surface area (Å²) in [5.74, 6) is 0.405. The van der Waals surface area contributed by atoms with Crippen LogP contribution in [0.5, 0.6) is 0 Å². The monoisotopic (exact) mass is 294 g/mol. The molecule has 0 aliphatic carbocycles. The molecule has 0 spiro atoms. The third-order valence-corrected chi connectivity index (χ3v) is 3.81. The Bertz CT molecular complexity index is 576. The second-order valence-corrected chi connectivity index (χ2v) is 5.60. The molecular formula is C14H18N2O3S. The molecule has 2 aromatic heterocycles. The zero-order valence-electron chi connectivity index (χ0n) is 11.5. The molecule has 0 aliphatic rings. The van der Waals surface area contributed by atoms with Gasteiger partial charge in [-0.25, -0.2) is 4.98 Å². The van der Waals surface area contributed by atoms with Crippen molar-refractivity contribution in [3.8, 4) is 11.5 Å². The summed E-state index contributed by atoms with van der Waals surface area (Å²) >= 11 is 1.54. The molecule has 0 aliphatic heterocycles. The summed E-state index contributed by atoms with van der Waals surface area (Å²) in [6, 6.07) is 1.67. The standard InChI is InChI=1S/C14H18N2O3S/c1-3-11(4-5-17)16-14(18)10-6-13(19-7-10)12-8-20-9(2)15-12/h6-8,11,17H,3-5H2,1-2H3,(H,16,18). The minimum absolute atomic E-state index is 0.0210. The van der Waals surface area contributed by atoms with Gasteiger partial charge < -0.3 is 14.8 Å². The highest BCUT2D eigenvalue weighted by Gasteiger charge is 2.15. The molecule has 0 fully saturated rings. The predicted molar refractivity (Wildman–Crippen MR) is 77.8 cm³/mol. The van der Waals surface area contributed by atoms with E-state index in [0.29, 0.717) is 17.7 Å². The van der Waals surface area contributed by atoms with Crippen LogP contribution in [0.2, 0.25) is 0 Å². The number of nitrogens with one attached hydrogen (secondary N) is 1. The molecule has 2 heterocycles. The molecule has 0 radical (unpaired) electrons. The lowest BCUT2D eigenvalue weighted by Gasteiger charge is -2.14. The zero-order valence-corrected chi connectivity index (χ0v) is 12.4. The number of hydrogen-bond donors (Lipinski definition) is 2. The van der Waals surface area contributed by atoms with Crippen molar-refractivity contribution in [2.45, 2.75) is 32.7 Å². The van der Waals surface area contributed by atoms with Crippen molar-refractivity contribution in [2.75, 3.05) is 6.61 Å². The fourth-order valence-electron chi connectivity index (χ4n) is 1.87. The SMILES string of the molecule is CCC(CCO)NC(=O)c1coc(-c2csc(C)n2)c1. The molecule has 5 nitrogen and oxygen atoms in total. The average molecular weight is 294 g/mol. The number of carbonyl (C=O) groups excluding carboxylic acids is 1. The van der Waals surface area contributed by atoms with Crippen LogP contribution in [0, 0.1) is 6.92 Å². The van der Waals surface area contributed by atoms with Gasteiger partial charge in [0.15, 0.2) is 5.76 Å². The van der Waals surface area contributed by atoms with Crippen LogP contribution in [0.3, 0.4) is 0 Å². The van der Waals surface area contributed by atoms with Gasteiger partial charge in [0, 0.05) is 18.0 Å². The summed E-state index contributed by atoms with van der Waals surface area (Å²) in [6.45, 7) is 3.96. The summed E-state index contributed by atoms with van der Waals surface area (Å²) in [7, 11) is 0. The first-order valence-electron chi connectivity index (χ1n) is 6.56. The van der Waals surface area contributed by atoms with Gasteiger partial charge in [-0.2, -0.15) is 0 Å². The third kappa shape index (κ3) is 3.46. The van der Waals surface area contributed by atoms with E-state index < -0.39 is 0 Å². The van der Waals surface area contributed by atoms with Gasteiger partial charge in [-0.15, -0.1) is 11.3 Å². The Morgan fingerprint density at radius 1 is 1.60 bits per heavy atom. The summed E-state index contributed by atoms with van der Waals surface area (Å²) in [5.41, 5.74) is 1.22. The Balaban J connectivity index is 2.06. The molecule has 1 unspecified atom stereocenters. The lowest BCUT2D eigenvalue weighted by molar-refractivity contribution is 0.0928. The molecule has 2 rings (SSSR count). The number of aliphatic hydroxyl groups is 1. The molecule has 2 N–H and O–H groups in total. The van der Waals surface area contributed by atoms with E-state index in [9.17, 15) is 4.79 Å². The molecule has 108 valence electrons. The van der Waals surface area contributed by atoms with Crippen LogP contribution in [0.4, 0.5) is 0 Å². The summed E-state index contributed by atoms with van der Waals surface area (Å²) in [6.07, 6.45) is 2.77. The average Bonchev–Trinajstić information content (AvgIpc) is 3.06. The van der Waals surface area contributed by atoms with E-state index >= 15 is 0 Å². The molecule has 20 heavy (non-hydrogen) atoms. The van der Waals surface area contributed by atoms with Gasteiger partial charge in [0.25, 0.3) is 5.91 Å². The number of aryl methyl sites for hydroxylation is 1. The Kier molecular flexibility index (Phi) is 4.92. The maximum absolute atomic E-state index is 12.1. The number of amides is 1. The van der Waals surface area contributed by atoms with E-state index in [1.165, 1.54) is 17.6 Å². The van der Waals surface area contributed by atoms with E-state index in [-0.39, 0.29) is 18.6 Å². The van der Waals surface area contributed by atoms with Crippen molar-refractivity contribution >= 4 is 17.2 Å². The van der Waals surface area contributed by atoms with Crippen LogP contribution in [-0.2, 0) is 0 Å². The van der Waals surface area contributed by atoms with Crippen LogP contribution in [0.15, 0.2) is 22.1 Å². The van der Waals surface area contributed by atoms with Crippen molar-refractivity contribution in [1.82, 2.24) is 10.3 Å². The topological polar surface area (TPSA) is 75.4 Å². The van der Waals surface area contributed by atoms with Crippen molar-refractivity contribution < 1.29 is 14.3 Å².